The summed E-state index contributed by atoms with van der Waals surface area (Å²) in [6.07, 6.45) is 0.567. The van der Waals surface area contributed by atoms with Crippen LogP contribution in [0.5, 0.6) is 0 Å². The van der Waals surface area contributed by atoms with Gasteiger partial charge in [0, 0.05) is 18.8 Å². The minimum absolute atomic E-state index is 0.0506. The van der Waals surface area contributed by atoms with Crippen molar-refractivity contribution >= 4 is 23.6 Å². The first-order chi connectivity index (χ1) is 9.58. The van der Waals surface area contributed by atoms with Crippen LogP contribution < -0.4 is 0 Å². The molecule has 1 saturated heterocycles. The minimum Gasteiger partial charge on any atom is -0.481 e. The average Bonchev–Trinajstić information content (AvgIpc) is 2.95. The van der Waals surface area contributed by atoms with Crippen molar-refractivity contribution < 1.29 is 14.7 Å². The lowest BCUT2D eigenvalue weighted by Gasteiger charge is -2.20. The van der Waals surface area contributed by atoms with Crippen LogP contribution in [0.2, 0.25) is 0 Å². The second kappa shape index (κ2) is 6.79. The fraction of sp³-hybridized carbons (Fsp3) is 0.467. The summed E-state index contributed by atoms with van der Waals surface area (Å²) < 4.78 is 0. The van der Waals surface area contributed by atoms with Crippen molar-refractivity contribution in [1.29, 1.82) is 0 Å². The summed E-state index contributed by atoms with van der Waals surface area (Å²) in [5.41, 5.74) is 1.20. The number of rotatable bonds is 5. The predicted octanol–water partition coefficient (Wildman–Crippen LogP) is 2.24. The first-order valence-electron chi connectivity index (χ1n) is 6.75. The standard InChI is InChI=1S/C15H19NO3S/c1-11(20-10-12-5-3-2-4-6-12)14(17)16-8-7-13(9-16)15(18)19/h2-6,11,13H,7-10H2,1H3,(H,18,19). The second-order valence-electron chi connectivity index (χ2n) is 5.05. The van der Waals surface area contributed by atoms with Gasteiger partial charge in [0.25, 0.3) is 0 Å². The molecule has 108 valence electrons. The number of amides is 1. The number of carboxylic acids is 1. The molecule has 1 aromatic carbocycles. The van der Waals surface area contributed by atoms with Crippen LogP contribution in [-0.2, 0) is 15.3 Å². The monoisotopic (exact) mass is 293 g/mol. The van der Waals surface area contributed by atoms with Gasteiger partial charge in [-0.05, 0) is 18.9 Å². The molecule has 0 radical (unpaired) electrons. The maximum Gasteiger partial charge on any atom is 0.308 e. The highest BCUT2D eigenvalue weighted by atomic mass is 32.2. The molecular weight excluding hydrogens is 274 g/mol. The summed E-state index contributed by atoms with van der Waals surface area (Å²) in [5.74, 6) is -0.353. The van der Waals surface area contributed by atoms with Crippen LogP contribution in [0.4, 0.5) is 0 Å². The quantitative estimate of drug-likeness (QED) is 0.904. The number of hydrogen-bond acceptors (Lipinski definition) is 3. The van der Waals surface area contributed by atoms with E-state index in [1.807, 2.05) is 37.3 Å². The van der Waals surface area contributed by atoms with E-state index in [0.717, 1.165) is 5.75 Å². The molecule has 2 atom stereocenters. The van der Waals surface area contributed by atoms with E-state index in [-0.39, 0.29) is 11.2 Å². The summed E-state index contributed by atoms with van der Waals surface area (Å²) >= 11 is 1.60. The van der Waals surface area contributed by atoms with E-state index in [0.29, 0.717) is 19.5 Å². The number of nitrogens with zero attached hydrogens (tertiary/aromatic N) is 1. The van der Waals surface area contributed by atoms with Crippen molar-refractivity contribution in [2.75, 3.05) is 13.1 Å². The number of likely N-dealkylation sites (tertiary alicyclic amines) is 1. The normalized spacial score (nSPS) is 19.9. The van der Waals surface area contributed by atoms with Crippen LogP contribution in [0.15, 0.2) is 30.3 Å². The molecule has 5 heteroatoms. The molecule has 1 aromatic rings. The lowest BCUT2D eigenvalue weighted by atomic mass is 10.1. The van der Waals surface area contributed by atoms with Gasteiger partial charge in [-0.1, -0.05) is 30.3 Å². The number of hydrogen-bond donors (Lipinski definition) is 1. The van der Waals surface area contributed by atoms with E-state index in [2.05, 4.69) is 0 Å². The smallest absolute Gasteiger partial charge is 0.308 e. The van der Waals surface area contributed by atoms with E-state index < -0.39 is 11.9 Å². The molecule has 1 amide bonds. The molecule has 0 aliphatic carbocycles. The predicted molar refractivity (Wildman–Crippen MR) is 79.5 cm³/mol. The Morgan fingerprint density at radius 1 is 1.40 bits per heavy atom. The highest BCUT2D eigenvalue weighted by Gasteiger charge is 2.32. The molecule has 0 saturated carbocycles. The van der Waals surface area contributed by atoms with E-state index in [1.54, 1.807) is 16.7 Å². The van der Waals surface area contributed by atoms with Crippen LogP contribution in [0, 0.1) is 5.92 Å². The fourth-order valence-electron chi connectivity index (χ4n) is 2.29. The maximum absolute atomic E-state index is 12.2. The zero-order chi connectivity index (χ0) is 14.5. The Labute approximate surface area is 123 Å². The van der Waals surface area contributed by atoms with E-state index in [9.17, 15) is 9.59 Å². The summed E-state index contributed by atoms with van der Waals surface area (Å²) in [7, 11) is 0. The van der Waals surface area contributed by atoms with Crippen molar-refractivity contribution in [3.63, 3.8) is 0 Å². The van der Waals surface area contributed by atoms with Crippen LogP contribution in [-0.4, -0.2) is 40.2 Å². The molecule has 4 nitrogen and oxygen atoms in total. The molecule has 0 spiro atoms. The SMILES string of the molecule is CC(SCc1ccccc1)C(=O)N1CCC(C(=O)O)C1. The Kier molecular flexibility index (Phi) is 5.06. The maximum atomic E-state index is 12.2. The molecule has 1 fully saturated rings. The van der Waals surface area contributed by atoms with Crippen molar-refractivity contribution in [2.45, 2.75) is 24.3 Å². The number of benzene rings is 1. The van der Waals surface area contributed by atoms with Crippen LogP contribution in [0.25, 0.3) is 0 Å². The molecule has 1 aliphatic heterocycles. The third-order valence-corrected chi connectivity index (χ3v) is 4.74. The molecule has 1 N–H and O–H groups in total. The molecular formula is C15H19NO3S. The zero-order valence-corrected chi connectivity index (χ0v) is 12.3. The molecule has 1 heterocycles. The lowest BCUT2D eigenvalue weighted by Crippen LogP contribution is -2.35. The van der Waals surface area contributed by atoms with Gasteiger partial charge >= 0.3 is 5.97 Å². The fourth-order valence-corrected chi connectivity index (χ4v) is 3.21. The highest BCUT2D eigenvalue weighted by molar-refractivity contribution is 7.99. The largest absolute Gasteiger partial charge is 0.481 e. The van der Waals surface area contributed by atoms with Crippen molar-refractivity contribution in [3.05, 3.63) is 35.9 Å². The Bertz CT molecular complexity index is 477. The highest BCUT2D eigenvalue weighted by Crippen LogP contribution is 2.23. The number of aliphatic carboxylic acids is 1. The Morgan fingerprint density at radius 3 is 2.70 bits per heavy atom. The van der Waals surface area contributed by atoms with Crippen molar-refractivity contribution in [1.82, 2.24) is 4.90 Å². The van der Waals surface area contributed by atoms with Gasteiger partial charge in [-0.2, -0.15) is 0 Å². The van der Waals surface area contributed by atoms with Gasteiger partial charge in [0.1, 0.15) is 0 Å². The van der Waals surface area contributed by atoms with E-state index in [4.69, 9.17) is 5.11 Å². The summed E-state index contributed by atoms with van der Waals surface area (Å²) in [5, 5.41) is 8.82. The van der Waals surface area contributed by atoms with Gasteiger partial charge in [0.15, 0.2) is 0 Å². The lowest BCUT2D eigenvalue weighted by molar-refractivity contribution is -0.141. The van der Waals surface area contributed by atoms with Crippen LogP contribution in [0.3, 0.4) is 0 Å². The van der Waals surface area contributed by atoms with E-state index >= 15 is 0 Å². The summed E-state index contributed by atoms with van der Waals surface area (Å²) in [4.78, 5) is 24.8. The molecule has 0 bridgehead atoms. The van der Waals surface area contributed by atoms with Gasteiger partial charge in [-0.3, -0.25) is 9.59 Å². The minimum atomic E-state index is -0.801. The Hall–Kier alpha value is -1.49. The van der Waals surface area contributed by atoms with Gasteiger partial charge in [0.05, 0.1) is 11.2 Å². The van der Waals surface area contributed by atoms with E-state index in [1.165, 1.54) is 5.56 Å². The van der Waals surface area contributed by atoms with Gasteiger partial charge in [-0.25, -0.2) is 0 Å². The number of carbonyl (C=O) groups excluding carboxylic acids is 1. The first-order valence-corrected chi connectivity index (χ1v) is 7.80. The first kappa shape index (κ1) is 14.9. The third kappa shape index (κ3) is 3.76. The molecule has 2 rings (SSSR count). The number of carbonyl (C=O) groups is 2. The number of carboxylic acid groups (broad SMARTS) is 1. The van der Waals surface area contributed by atoms with Crippen molar-refractivity contribution in [3.8, 4) is 0 Å². The molecule has 0 aromatic heterocycles. The summed E-state index contributed by atoms with van der Waals surface area (Å²) in [6.45, 7) is 2.81. The molecule has 20 heavy (non-hydrogen) atoms. The zero-order valence-electron chi connectivity index (χ0n) is 11.5. The third-order valence-electron chi connectivity index (χ3n) is 3.54. The average molecular weight is 293 g/mol. The Morgan fingerprint density at radius 2 is 2.10 bits per heavy atom. The van der Waals surface area contributed by atoms with Gasteiger partial charge in [0.2, 0.25) is 5.91 Å². The second-order valence-corrected chi connectivity index (χ2v) is 6.38. The molecule has 1 aliphatic rings. The number of thioether (sulfide) groups is 1. The van der Waals surface area contributed by atoms with Gasteiger partial charge in [-0.15, -0.1) is 11.8 Å². The van der Waals surface area contributed by atoms with Crippen molar-refractivity contribution in [2.24, 2.45) is 5.92 Å². The van der Waals surface area contributed by atoms with Gasteiger partial charge < -0.3 is 10.0 Å². The summed E-state index contributed by atoms with van der Waals surface area (Å²) in [6, 6.07) is 10.0. The van der Waals surface area contributed by atoms with Crippen LogP contribution in [0.1, 0.15) is 18.9 Å². The molecule has 2 unspecified atom stereocenters. The topological polar surface area (TPSA) is 57.6 Å². The Balaban J connectivity index is 1.82. The van der Waals surface area contributed by atoms with Crippen LogP contribution >= 0.6 is 11.8 Å².